The van der Waals surface area contributed by atoms with Crippen LogP contribution in [0.5, 0.6) is 0 Å². The van der Waals surface area contributed by atoms with Crippen molar-refractivity contribution in [1.82, 2.24) is 9.80 Å². The molecule has 3 nitrogen and oxygen atoms in total. The predicted octanol–water partition coefficient (Wildman–Crippen LogP) is 2.53. The molecule has 0 spiro atoms. The molecule has 1 aromatic heterocycles. The molecule has 1 aliphatic rings. The summed E-state index contributed by atoms with van der Waals surface area (Å²) in [7, 11) is 0. The molecule has 104 valence electrons. The highest BCUT2D eigenvalue weighted by Crippen LogP contribution is 2.23. The van der Waals surface area contributed by atoms with E-state index in [9.17, 15) is 4.79 Å². The van der Waals surface area contributed by atoms with E-state index in [0.717, 1.165) is 31.6 Å². The number of carbonyl (C=O) groups is 1. The second-order valence-corrected chi connectivity index (χ2v) is 6.20. The third-order valence-corrected chi connectivity index (χ3v) is 4.46. The van der Waals surface area contributed by atoms with Gasteiger partial charge in [-0.25, -0.2) is 0 Å². The molecule has 1 aliphatic heterocycles. The summed E-state index contributed by atoms with van der Waals surface area (Å²) in [5.41, 5.74) is 2.43. The van der Waals surface area contributed by atoms with Crippen LogP contribution in [0, 0.1) is 0 Å². The normalized spacial score (nSPS) is 15.1. The zero-order valence-corrected chi connectivity index (χ0v) is 12.6. The van der Waals surface area contributed by atoms with Gasteiger partial charge in [0.15, 0.2) is 0 Å². The summed E-state index contributed by atoms with van der Waals surface area (Å²) < 4.78 is 0. The smallest absolute Gasteiger partial charge is 0.237 e. The standard InChI is InChI=1S/C15H22N2OS/c1-4-17(9-12(2)3)15(18)11-16-7-5-14-13(10-16)6-8-19-14/h6,8H,2,4-5,7,9-11H2,1,3H3. The van der Waals surface area contributed by atoms with E-state index in [1.54, 1.807) is 0 Å². The molecule has 0 unspecified atom stereocenters. The molecular formula is C15H22N2OS. The van der Waals surface area contributed by atoms with Gasteiger partial charge in [-0.15, -0.1) is 11.3 Å². The minimum Gasteiger partial charge on any atom is -0.338 e. The average Bonchev–Trinajstić information content (AvgIpc) is 2.82. The highest BCUT2D eigenvalue weighted by molar-refractivity contribution is 7.10. The molecule has 0 atom stereocenters. The van der Waals surface area contributed by atoms with Gasteiger partial charge < -0.3 is 4.90 Å². The van der Waals surface area contributed by atoms with E-state index in [1.165, 1.54) is 10.4 Å². The molecule has 1 aromatic rings. The third kappa shape index (κ3) is 3.67. The van der Waals surface area contributed by atoms with Gasteiger partial charge in [-0.2, -0.15) is 0 Å². The Kier molecular flexibility index (Phi) is 4.77. The number of hydrogen-bond acceptors (Lipinski definition) is 3. The fourth-order valence-electron chi connectivity index (χ4n) is 2.44. The van der Waals surface area contributed by atoms with E-state index in [2.05, 4.69) is 22.9 Å². The lowest BCUT2D eigenvalue weighted by Gasteiger charge is -2.29. The van der Waals surface area contributed by atoms with Gasteiger partial charge in [0.05, 0.1) is 6.54 Å². The van der Waals surface area contributed by atoms with E-state index in [-0.39, 0.29) is 5.91 Å². The Labute approximate surface area is 119 Å². The molecule has 0 aliphatic carbocycles. The monoisotopic (exact) mass is 278 g/mol. The Morgan fingerprint density at radius 1 is 1.58 bits per heavy atom. The van der Waals surface area contributed by atoms with Crippen molar-refractivity contribution in [3.05, 3.63) is 34.0 Å². The zero-order chi connectivity index (χ0) is 13.8. The zero-order valence-electron chi connectivity index (χ0n) is 11.8. The van der Waals surface area contributed by atoms with Gasteiger partial charge in [0.2, 0.25) is 5.91 Å². The van der Waals surface area contributed by atoms with Crippen LogP contribution in [0.3, 0.4) is 0 Å². The van der Waals surface area contributed by atoms with Crippen molar-refractivity contribution < 1.29 is 4.79 Å². The molecule has 0 aromatic carbocycles. The van der Waals surface area contributed by atoms with Crippen molar-refractivity contribution in [1.29, 1.82) is 0 Å². The molecule has 0 fully saturated rings. The van der Waals surface area contributed by atoms with Gasteiger partial charge in [-0.1, -0.05) is 12.2 Å². The van der Waals surface area contributed by atoms with Crippen LogP contribution in [-0.4, -0.2) is 41.9 Å². The van der Waals surface area contributed by atoms with Crippen LogP contribution in [0.1, 0.15) is 24.3 Å². The van der Waals surface area contributed by atoms with E-state index in [4.69, 9.17) is 0 Å². The molecule has 2 rings (SSSR count). The summed E-state index contributed by atoms with van der Waals surface area (Å²) in [5.74, 6) is 0.212. The second kappa shape index (κ2) is 6.35. The van der Waals surface area contributed by atoms with Gasteiger partial charge in [-0.3, -0.25) is 9.69 Å². The number of rotatable bonds is 5. The van der Waals surface area contributed by atoms with Gasteiger partial charge in [0, 0.05) is 31.1 Å². The Hall–Kier alpha value is -1.13. The summed E-state index contributed by atoms with van der Waals surface area (Å²) >= 11 is 1.83. The van der Waals surface area contributed by atoms with Gasteiger partial charge in [0.1, 0.15) is 0 Å². The predicted molar refractivity (Wildman–Crippen MR) is 80.4 cm³/mol. The second-order valence-electron chi connectivity index (χ2n) is 5.19. The Morgan fingerprint density at radius 3 is 3.05 bits per heavy atom. The number of nitrogens with zero attached hydrogens (tertiary/aromatic N) is 2. The molecule has 2 heterocycles. The first kappa shape index (κ1) is 14.3. The van der Waals surface area contributed by atoms with Crippen LogP contribution in [-0.2, 0) is 17.8 Å². The first-order valence-corrected chi connectivity index (χ1v) is 7.68. The number of carbonyl (C=O) groups excluding carboxylic acids is 1. The highest BCUT2D eigenvalue weighted by Gasteiger charge is 2.21. The largest absolute Gasteiger partial charge is 0.338 e. The van der Waals surface area contributed by atoms with E-state index in [0.29, 0.717) is 13.1 Å². The van der Waals surface area contributed by atoms with Crippen molar-refractivity contribution in [3.63, 3.8) is 0 Å². The molecule has 1 amide bonds. The third-order valence-electron chi connectivity index (χ3n) is 3.44. The van der Waals surface area contributed by atoms with Crippen LogP contribution in [0.2, 0.25) is 0 Å². The summed E-state index contributed by atoms with van der Waals surface area (Å²) in [4.78, 5) is 17.9. The van der Waals surface area contributed by atoms with Crippen LogP contribution in [0.15, 0.2) is 23.6 Å². The molecule has 4 heteroatoms. The van der Waals surface area contributed by atoms with Crippen molar-refractivity contribution in [2.75, 3.05) is 26.2 Å². The van der Waals surface area contributed by atoms with Crippen molar-refractivity contribution in [3.8, 4) is 0 Å². The number of thiophene rings is 1. The topological polar surface area (TPSA) is 23.6 Å². The van der Waals surface area contributed by atoms with Crippen LogP contribution in [0.4, 0.5) is 0 Å². The maximum atomic E-state index is 12.3. The summed E-state index contributed by atoms with van der Waals surface area (Å²) in [6.07, 6.45) is 1.08. The SMILES string of the molecule is C=C(C)CN(CC)C(=O)CN1CCc2sccc2C1. The van der Waals surface area contributed by atoms with Gasteiger partial charge in [0.25, 0.3) is 0 Å². The number of hydrogen-bond donors (Lipinski definition) is 0. The molecule has 0 saturated heterocycles. The minimum absolute atomic E-state index is 0.212. The van der Waals surface area contributed by atoms with Crippen LogP contribution < -0.4 is 0 Å². The molecule has 0 saturated carbocycles. The van der Waals surface area contributed by atoms with Gasteiger partial charge in [-0.05, 0) is 37.3 Å². The van der Waals surface area contributed by atoms with Crippen molar-refractivity contribution in [2.45, 2.75) is 26.8 Å². The maximum Gasteiger partial charge on any atom is 0.237 e. The van der Waals surface area contributed by atoms with E-state index < -0.39 is 0 Å². The Balaban J connectivity index is 1.91. The maximum absolute atomic E-state index is 12.3. The van der Waals surface area contributed by atoms with E-state index in [1.807, 2.05) is 30.1 Å². The molecular weight excluding hydrogens is 256 g/mol. The van der Waals surface area contributed by atoms with Crippen molar-refractivity contribution in [2.24, 2.45) is 0 Å². The fraction of sp³-hybridized carbons (Fsp3) is 0.533. The number of likely N-dealkylation sites (N-methyl/N-ethyl adjacent to an activating group) is 1. The van der Waals surface area contributed by atoms with Crippen LogP contribution in [0.25, 0.3) is 0 Å². The Bertz CT molecular complexity index is 466. The average molecular weight is 278 g/mol. The molecule has 0 bridgehead atoms. The van der Waals surface area contributed by atoms with Gasteiger partial charge >= 0.3 is 0 Å². The number of amides is 1. The first-order valence-electron chi connectivity index (χ1n) is 6.80. The van der Waals surface area contributed by atoms with Crippen LogP contribution >= 0.6 is 11.3 Å². The lowest BCUT2D eigenvalue weighted by atomic mass is 10.1. The lowest BCUT2D eigenvalue weighted by molar-refractivity contribution is -0.132. The Morgan fingerprint density at radius 2 is 2.37 bits per heavy atom. The molecule has 0 N–H and O–H groups in total. The fourth-order valence-corrected chi connectivity index (χ4v) is 3.32. The summed E-state index contributed by atoms with van der Waals surface area (Å²) in [6, 6.07) is 2.18. The lowest BCUT2D eigenvalue weighted by Crippen LogP contribution is -2.42. The minimum atomic E-state index is 0.212. The molecule has 0 radical (unpaired) electrons. The molecule has 19 heavy (non-hydrogen) atoms. The summed E-state index contributed by atoms with van der Waals surface area (Å²) in [6.45, 7) is 11.7. The quantitative estimate of drug-likeness (QED) is 0.773. The number of fused-ring (bicyclic) bond motifs is 1. The van der Waals surface area contributed by atoms with Crippen molar-refractivity contribution >= 4 is 17.2 Å². The highest BCUT2D eigenvalue weighted by atomic mass is 32.1. The summed E-state index contributed by atoms with van der Waals surface area (Å²) in [5, 5.41) is 2.15. The first-order chi connectivity index (χ1) is 9.10. The van der Waals surface area contributed by atoms with E-state index >= 15 is 0 Å².